The summed E-state index contributed by atoms with van der Waals surface area (Å²) in [5.41, 5.74) is 0. The molecule has 0 atom stereocenters. The molecule has 0 aliphatic rings. The summed E-state index contributed by atoms with van der Waals surface area (Å²) >= 11 is -4.28. The first-order chi connectivity index (χ1) is 1.73. The molecule has 1 radical (unpaired) electrons. The van der Waals surface area contributed by atoms with Crippen LogP contribution in [0.2, 0.25) is 0 Å². The van der Waals surface area contributed by atoms with Gasteiger partial charge in [-0.3, -0.25) is 0 Å². The molecule has 3 nitrogen and oxygen atoms in total. The van der Waals surface area contributed by atoms with Gasteiger partial charge in [0.15, 0.2) is 0 Å². The van der Waals surface area contributed by atoms with E-state index in [0.717, 1.165) is 0 Å². The number of rotatable bonds is 0. The topological polar surface area (TPSA) is 51.2 Å². The zero-order valence-corrected chi connectivity index (χ0v) is 11.8. The van der Waals surface area contributed by atoms with Gasteiger partial charge < -0.3 is 0 Å². The maximum atomic E-state index is 8.61. The van der Waals surface area contributed by atoms with Crippen LogP contribution in [0.5, 0.6) is 0 Å². The molecule has 0 amide bonds. The third kappa shape index (κ3) is 23.0. The quantitative estimate of drug-likeness (QED) is 0.569. The Labute approximate surface area is 93.4 Å². The van der Waals surface area contributed by atoms with E-state index in [9.17, 15) is 0 Å². The Bertz CT molecular complexity index is 76.3. The fraction of sp³-hybridized carbons (Fsp3) is 0. The molecule has 0 aliphatic heterocycles. The number of hydrogen-bond acceptors (Lipinski definition) is 3. The van der Waals surface area contributed by atoms with Gasteiger partial charge in [0, 0.05) is 68.9 Å². The zero-order valence-electron chi connectivity index (χ0n) is 2.63. The van der Waals surface area contributed by atoms with E-state index in [1.807, 2.05) is 0 Å². The van der Waals surface area contributed by atoms with Crippen LogP contribution >= 0.6 is 0 Å². The molecule has 0 N–H and O–H groups in total. The van der Waals surface area contributed by atoms with Crippen LogP contribution in [0.15, 0.2) is 0 Å². The molecule has 5 heteroatoms. The van der Waals surface area contributed by atoms with E-state index in [1.54, 1.807) is 0 Å². The molecule has 0 aromatic heterocycles. The fourth-order valence-electron chi connectivity index (χ4n) is 0. The predicted molar refractivity (Wildman–Crippen MR) is 7.81 cm³/mol. The first kappa shape index (κ1) is 10.2. The van der Waals surface area contributed by atoms with Crippen molar-refractivity contribution >= 4 is 68.9 Å². The van der Waals surface area contributed by atoms with Gasteiger partial charge >= 0.3 is 27.4 Å². The molecule has 0 bridgehead atoms. The second kappa shape index (κ2) is 6.14. The third-order valence-electron chi connectivity index (χ3n) is 0. The average molecular weight is 365 g/mol. The fourth-order valence-corrected chi connectivity index (χ4v) is 0. The molecule has 0 rings (SSSR count). The molecule has 0 aromatic carbocycles. The summed E-state index contributed by atoms with van der Waals surface area (Å²) in [6.45, 7) is 0. The second-order valence-electron chi connectivity index (χ2n) is 0.204. The Morgan fingerprint density at radius 2 is 1.00 bits per heavy atom. The van der Waals surface area contributed by atoms with Crippen molar-refractivity contribution in [2.24, 2.45) is 0 Å². The van der Waals surface area contributed by atoms with Gasteiger partial charge in [-0.05, 0) is 0 Å². The molecule has 0 saturated heterocycles. The van der Waals surface area contributed by atoms with Gasteiger partial charge in [-0.2, -0.15) is 0 Å². The van der Waals surface area contributed by atoms with Gasteiger partial charge in [-0.1, -0.05) is 0 Å². The van der Waals surface area contributed by atoms with E-state index < -0.39 is 17.2 Å². The van der Waals surface area contributed by atoms with Crippen molar-refractivity contribution in [1.82, 2.24) is 0 Å². The standard InChI is InChI=1S/Cs.3O.W. The summed E-state index contributed by atoms with van der Waals surface area (Å²) < 4.78 is 25.8. The summed E-state index contributed by atoms with van der Waals surface area (Å²) in [6, 6.07) is 0. The summed E-state index contributed by atoms with van der Waals surface area (Å²) in [5.74, 6) is 0. The zero-order chi connectivity index (χ0) is 3.58. The Balaban J connectivity index is 0. The van der Waals surface area contributed by atoms with Crippen LogP contribution in [0.4, 0.5) is 0 Å². The van der Waals surface area contributed by atoms with E-state index in [1.165, 1.54) is 0 Å². The Morgan fingerprint density at radius 1 is 1.00 bits per heavy atom. The van der Waals surface area contributed by atoms with Crippen LogP contribution < -0.4 is 0 Å². The van der Waals surface area contributed by atoms with E-state index in [4.69, 9.17) is 10.2 Å². The van der Waals surface area contributed by atoms with Gasteiger partial charge in [0.25, 0.3) is 0 Å². The normalized spacial score (nSPS) is 4.80. The van der Waals surface area contributed by atoms with E-state index >= 15 is 0 Å². The minimum atomic E-state index is -4.28. The van der Waals surface area contributed by atoms with Crippen LogP contribution in [0.1, 0.15) is 0 Å². The molecule has 0 spiro atoms. The Morgan fingerprint density at radius 3 is 1.00 bits per heavy atom. The maximum absolute atomic E-state index is 8.61. The van der Waals surface area contributed by atoms with E-state index in [-0.39, 0.29) is 68.9 Å². The summed E-state index contributed by atoms with van der Waals surface area (Å²) in [6.07, 6.45) is 0. The van der Waals surface area contributed by atoms with Crippen molar-refractivity contribution < 1.29 is 27.4 Å². The number of hydrogen-bond donors (Lipinski definition) is 0. The van der Waals surface area contributed by atoms with Crippen molar-refractivity contribution in [2.45, 2.75) is 0 Å². The van der Waals surface area contributed by atoms with Gasteiger partial charge in [-0.15, -0.1) is 0 Å². The SMILES string of the molecule is [Cs].[O]=[W](=[O])=[O]. The summed E-state index contributed by atoms with van der Waals surface area (Å²) in [7, 11) is 0. The van der Waals surface area contributed by atoms with Crippen molar-refractivity contribution in [3.63, 3.8) is 0 Å². The molecule has 0 fully saturated rings. The molecule has 0 aromatic rings. The van der Waals surface area contributed by atoms with Crippen molar-refractivity contribution in [3.05, 3.63) is 0 Å². The van der Waals surface area contributed by atoms with Crippen LogP contribution in [-0.4, -0.2) is 68.9 Å². The molecular weight excluding hydrogens is 365 g/mol. The van der Waals surface area contributed by atoms with E-state index in [2.05, 4.69) is 0 Å². The molecule has 0 aliphatic carbocycles. The molecule has 0 unspecified atom stereocenters. The second-order valence-corrected chi connectivity index (χ2v) is 1.67. The minimum absolute atomic E-state index is 0. The van der Waals surface area contributed by atoms with Crippen LogP contribution in [0.3, 0.4) is 0 Å². The van der Waals surface area contributed by atoms with Gasteiger partial charge in [0.05, 0.1) is 0 Å². The van der Waals surface area contributed by atoms with Crippen molar-refractivity contribution in [3.8, 4) is 0 Å². The van der Waals surface area contributed by atoms with E-state index in [0.29, 0.717) is 0 Å². The van der Waals surface area contributed by atoms with Gasteiger partial charge in [-0.25, -0.2) is 0 Å². The summed E-state index contributed by atoms with van der Waals surface area (Å²) in [5, 5.41) is 0. The average Bonchev–Trinajstić information content (AvgIpc) is 0.811. The molecule has 0 heterocycles. The van der Waals surface area contributed by atoms with Crippen LogP contribution in [0, 0.1) is 0 Å². The first-order valence-corrected chi connectivity index (χ1v) is 4.09. The Hall–Kier alpha value is 2.14. The molecular formula is CsO3W. The first-order valence-electron chi connectivity index (χ1n) is 0.500. The van der Waals surface area contributed by atoms with Crippen LogP contribution in [0.25, 0.3) is 0 Å². The van der Waals surface area contributed by atoms with Crippen molar-refractivity contribution in [2.75, 3.05) is 0 Å². The molecule has 25 valence electrons. The van der Waals surface area contributed by atoms with Crippen molar-refractivity contribution in [1.29, 1.82) is 0 Å². The molecule has 0 saturated carbocycles. The molecule has 5 heavy (non-hydrogen) atoms. The third-order valence-corrected chi connectivity index (χ3v) is 0. The summed E-state index contributed by atoms with van der Waals surface area (Å²) in [4.78, 5) is 0. The van der Waals surface area contributed by atoms with Gasteiger partial charge in [0.1, 0.15) is 0 Å². The van der Waals surface area contributed by atoms with Gasteiger partial charge in [0.2, 0.25) is 0 Å². The monoisotopic (exact) mass is 365 g/mol. The van der Waals surface area contributed by atoms with Crippen LogP contribution in [-0.2, 0) is 27.4 Å². The Kier molecular flexibility index (Phi) is 12.5. The predicted octanol–water partition coefficient (Wildman–Crippen LogP) is -0.740.